The van der Waals surface area contributed by atoms with Gasteiger partial charge >= 0.3 is 0 Å². The van der Waals surface area contributed by atoms with E-state index < -0.39 is 0 Å². The summed E-state index contributed by atoms with van der Waals surface area (Å²) in [6, 6.07) is 14.2. The van der Waals surface area contributed by atoms with Gasteiger partial charge in [-0.25, -0.2) is 19.3 Å². The third-order valence-electron chi connectivity index (χ3n) is 6.59. The van der Waals surface area contributed by atoms with Crippen LogP contribution in [0, 0.1) is 11.7 Å². The highest BCUT2D eigenvalue weighted by Crippen LogP contribution is 2.32. The third-order valence-corrected chi connectivity index (χ3v) is 6.89. The van der Waals surface area contributed by atoms with Crippen LogP contribution in [0.3, 0.4) is 0 Å². The fourth-order valence-electron chi connectivity index (χ4n) is 4.72. The molecule has 1 amide bonds. The van der Waals surface area contributed by atoms with Gasteiger partial charge in [0.2, 0.25) is 5.91 Å². The second-order valence-electron chi connectivity index (χ2n) is 8.98. The van der Waals surface area contributed by atoms with Gasteiger partial charge < -0.3 is 14.5 Å². The van der Waals surface area contributed by atoms with Crippen LogP contribution >= 0.6 is 11.6 Å². The minimum Gasteiger partial charge on any atom is -0.334 e. The average Bonchev–Trinajstić information content (AvgIpc) is 3.51. The van der Waals surface area contributed by atoms with Crippen molar-refractivity contribution >= 4 is 34.4 Å². The lowest BCUT2D eigenvalue weighted by Crippen LogP contribution is -2.31. The number of pyridine rings is 1. The molecule has 3 aromatic heterocycles. The molecule has 5 aromatic rings. The largest absolute Gasteiger partial charge is 0.334 e. The number of halogens is 2. The van der Waals surface area contributed by atoms with Gasteiger partial charge in [-0.3, -0.25) is 4.79 Å². The predicted octanol–water partition coefficient (Wildman–Crippen LogP) is 5.34. The van der Waals surface area contributed by atoms with Crippen molar-refractivity contribution in [2.75, 3.05) is 5.32 Å². The minimum absolute atomic E-state index is 0.0706. The number of nitrogens with zero attached hydrogens (tertiary/aromatic N) is 5. The van der Waals surface area contributed by atoms with Crippen LogP contribution in [-0.4, -0.2) is 30.0 Å². The van der Waals surface area contributed by atoms with E-state index in [1.807, 2.05) is 39.6 Å². The van der Waals surface area contributed by atoms with E-state index in [2.05, 4.69) is 20.3 Å². The van der Waals surface area contributed by atoms with E-state index >= 15 is 0 Å². The first-order chi connectivity index (χ1) is 17.5. The Labute approximate surface area is 211 Å². The number of imidazole rings is 2. The normalized spacial score (nSPS) is 15.1. The van der Waals surface area contributed by atoms with Gasteiger partial charge in [0, 0.05) is 43.7 Å². The van der Waals surface area contributed by atoms with E-state index in [0.717, 1.165) is 46.4 Å². The summed E-state index contributed by atoms with van der Waals surface area (Å²) in [5.41, 5.74) is 4.19. The Hall–Kier alpha value is -4.04. The van der Waals surface area contributed by atoms with Crippen molar-refractivity contribution in [3.05, 3.63) is 95.7 Å². The standard InChI is InChI=1S/C27H22ClFN6O/c28-22-13-31-25(33-27(36)19-5-7-26-30-8-9-34(26)15-19)12-21(22)18-4-6-23-24(11-18)35(16-32-23)14-17-2-1-3-20(29)10-17/h1-4,6,8-13,16,19H,5,7,14-15H2,(H,31,33,36). The first kappa shape index (κ1) is 22.4. The molecular formula is C27H22ClFN6O. The fraction of sp³-hybridized carbons (Fsp3) is 0.185. The van der Waals surface area contributed by atoms with E-state index in [1.165, 1.54) is 12.1 Å². The molecule has 0 saturated heterocycles. The van der Waals surface area contributed by atoms with E-state index in [9.17, 15) is 9.18 Å². The molecule has 4 heterocycles. The highest BCUT2D eigenvalue weighted by Gasteiger charge is 2.25. The number of benzene rings is 2. The Morgan fingerprint density at radius 1 is 1.14 bits per heavy atom. The molecule has 1 aliphatic rings. The predicted molar refractivity (Wildman–Crippen MR) is 136 cm³/mol. The van der Waals surface area contributed by atoms with Crippen LogP contribution in [0.25, 0.3) is 22.2 Å². The van der Waals surface area contributed by atoms with Gasteiger partial charge in [0.15, 0.2) is 0 Å². The molecule has 1 N–H and O–H groups in total. The van der Waals surface area contributed by atoms with Crippen molar-refractivity contribution in [2.45, 2.75) is 25.9 Å². The van der Waals surface area contributed by atoms with Crippen molar-refractivity contribution in [3.8, 4) is 11.1 Å². The van der Waals surface area contributed by atoms with Gasteiger partial charge in [-0.15, -0.1) is 0 Å². The summed E-state index contributed by atoms with van der Waals surface area (Å²) < 4.78 is 17.7. The number of anilines is 1. The quantitative estimate of drug-likeness (QED) is 0.353. The zero-order chi connectivity index (χ0) is 24.6. The highest BCUT2D eigenvalue weighted by molar-refractivity contribution is 6.33. The van der Waals surface area contributed by atoms with E-state index in [0.29, 0.717) is 23.9 Å². The maximum Gasteiger partial charge on any atom is 0.230 e. The summed E-state index contributed by atoms with van der Waals surface area (Å²) in [7, 11) is 0. The van der Waals surface area contributed by atoms with Crippen molar-refractivity contribution < 1.29 is 9.18 Å². The van der Waals surface area contributed by atoms with Crippen LogP contribution in [0.5, 0.6) is 0 Å². The van der Waals surface area contributed by atoms with Crippen molar-refractivity contribution in [1.82, 2.24) is 24.1 Å². The topological polar surface area (TPSA) is 77.6 Å². The number of carbonyl (C=O) groups is 1. The number of carbonyl (C=O) groups excluding carboxylic acids is 1. The van der Waals surface area contributed by atoms with E-state index in [1.54, 1.807) is 30.9 Å². The molecular weight excluding hydrogens is 479 g/mol. The van der Waals surface area contributed by atoms with Gasteiger partial charge in [-0.1, -0.05) is 29.8 Å². The smallest absolute Gasteiger partial charge is 0.230 e. The Balaban J connectivity index is 1.26. The molecule has 0 fully saturated rings. The molecule has 0 bridgehead atoms. The van der Waals surface area contributed by atoms with Crippen molar-refractivity contribution in [1.29, 1.82) is 0 Å². The number of hydrogen-bond acceptors (Lipinski definition) is 4. The average molecular weight is 501 g/mol. The number of aryl methyl sites for hydroxylation is 1. The number of fused-ring (bicyclic) bond motifs is 2. The number of hydrogen-bond donors (Lipinski definition) is 1. The number of aromatic nitrogens is 5. The zero-order valence-electron chi connectivity index (χ0n) is 19.2. The Kier molecular flexibility index (Phi) is 5.73. The molecule has 1 aliphatic heterocycles. The van der Waals surface area contributed by atoms with Crippen LogP contribution in [0.15, 0.2) is 73.4 Å². The molecule has 6 rings (SSSR count). The summed E-state index contributed by atoms with van der Waals surface area (Å²) in [6.07, 6.45) is 8.49. The Morgan fingerprint density at radius 3 is 2.94 bits per heavy atom. The summed E-state index contributed by atoms with van der Waals surface area (Å²) in [6.45, 7) is 1.09. The van der Waals surface area contributed by atoms with Crippen LogP contribution in [0.2, 0.25) is 5.02 Å². The van der Waals surface area contributed by atoms with Crippen molar-refractivity contribution in [3.63, 3.8) is 0 Å². The van der Waals surface area contributed by atoms with Gasteiger partial charge in [-0.05, 0) is 47.9 Å². The number of rotatable bonds is 5. The molecule has 36 heavy (non-hydrogen) atoms. The summed E-state index contributed by atoms with van der Waals surface area (Å²) >= 11 is 6.52. The molecule has 180 valence electrons. The molecule has 9 heteroatoms. The third kappa shape index (κ3) is 4.35. The lowest BCUT2D eigenvalue weighted by Gasteiger charge is -2.22. The molecule has 0 radical (unpaired) electrons. The summed E-state index contributed by atoms with van der Waals surface area (Å²) in [5, 5.41) is 3.43. The molecule has 1 unspecified atom stereocenters. The second-order valence-corrected chi connectivity index (χ2v) is 9.38. The fourth-order valence-corrected chi connectivity index (χ4v) is 4.93. The molecule has 0 saturated carbocycles. The van der Waals surface area contributed by atoms with E-state index in [-0.39, 0.29) is 17.6 Å². The second kappa shape index (κ2) is 9.20. The Bertz CT molecular complexity index is 1590. The minimum atomic E-state index is -0.269. The molecule has 2 aromatic carbocycles. The van der Waals surface area contributed by atoms with Crippen molar-refractivity contribution in [2.24, 2.45) is 5.92 Å². The molecule has 1 atom stereocenters. The summed E-state index contributed by atoms with van der Waals surface area (Å²) in [5.74, 6) is 0.969. The van der Waals surface area contributed by atoms with Crippen LogP contribution in [0.1, 0.15) is 17.8 Å². The van der Waals surface area contributed by atoms with E-state index in [4.69, 9.17) is 11.6 Å². The molecule has 7 nitrogen and oxygen atoms in total. The number of nitrogens with one attached hydrogen (secondary N) is 1. The SMILES string of the molecule is O=C(Nc1cc(-c2ccc3ncn(Cc4cccc(F)c4)c3c2)c(Cl)cn1)C1CCc2nccn2C1. The maximum atomic E-state index is 13.7. The molecule has 0 aliphatic carbocycles. The van der Waals surface area contributed by atoms with Gasteiger partial charge in [0.1, 0.15) is 17.5 Å². The maximum absolute atomic E-state index is 13.7. The van der Waals surface area contributed by atoms with Crippen LogP contribution in [0.4, 0.5) is 10.2 Å². The number of amides is 1. The lowest BCUT2D eigenvalue weighted by molar-refractivity contribution is -0.120. The van der Waals surface area contributed by atoms with Gasteiger partial charge in [0.05, 0.1) is 28.3 Å². The summed E-state index contributed by atoms with van der Waals surface area (Å²) in [4.78, 5) is 26.1. The first-order valence-electron chi connectivity index (χ1n) is 11.7. The first-order valence-corrected chi connectivity index (χ1v) is 12.1. The van der Waals surface area contributed by atoms with Gasteiger partial charge in [-0.2, -0.15) is 0 Å². The van der Waals surface area contributed by atoms with Gasteiger partial charge in [0.25, 0.3) is 0 Å². The zero-order valence-corrected chi connectivity index (χ0v) is 20.0. The highest BCUT2D eigenvalue weighted by atomic mass is 35.5. The Morgan fingerprint density at radius 2 is 2.06 bits per heavy atom. The monoisotopic (exact) mass is 500 g/mol. The van der Waals surface area contributed by atoms with Crippen LogP contribution in [-0.2, 0) is 24.3 Å². The van der Waals surface area contributed by atoms with Crippen LogP contribution < -0.4 is 5.32 Å². The lowest BCUT2D eigenvalue weighted by atomic mass is 9.98. The molecule has 0 spiro atoms.